The number of nitrogens with one attached hydrogen (secondary N) is 3. The van der Waals surface area contributed by atoms with Gasteiger partial charge >= 0.3 is 0 Å². The number of nitrogens with zero attached hydrogens (tertiary/aromatic N) is 3. The Labute approximate surface area is 150 Å². The quantitative estimate of drug-likeness (QED) is 0.355. The third-order valence-electron chi connectivity index (χ3n) is 4.43. The lowest BCUT2D eigenvalue weighted by molar-refractivity contribution is -0.122. The minimum absolute atomic E-state index is 0.180. The van der Waals surface area contributed by atoms with Gasteiger partial charge in [0, 0.05) is 43.9 Å². The summed E-state index contributed by atoms with van der Waals surface area (Å²) in [7, 11) is 2.00. The largest absolute Gasteiger partial charge is 0.357 e. The average molecular weight is 348 g/mol. The second-order valence-electron chi connectivity index (χ2n) is 6.39. The molecule has 1 aromatic rings. The molecular weight excluding hydrogens is 316 g/mol. The second-order valence-corrected chi connectivity index (χ2v) is 6.39. The third-order valence-corrected chi connectivity index (χ3v) is 4.43. The molecule has 0 atom stereocenters. The van der Waals surface area contributed by atoms with Crippen LogP contribution in [0.2, 0.25) is 0 Å². The van der Waals surface area contributed by atoms with Crippen molar-refractivity contribution in [2.75, 3.05) is 19.6 Å². The molecule has 1 aliphatic carbocycles. The van der Waals surface area contributed by atoms with Crippen LogP contribution in [0.1, 0.15) is 50.6 Å². The van der Waals surface area contributed by atoms with Crippen molar-refractivity contribution in [2.45, 2.75) is 53.0 Å². The molecule has 0 aromatic carbocycles. The van der Waals surface area contributed by atoms with Gasteiger partial charge < -0.3 is 16.0 Å². The highest BCUT2D eigenvalue weighted by atomic mass is 16.2. The molecular formula is C18H32N6O. The van der Waals surface area contributed by atoms with Crippen LogP contribution in [0.5, 0.6) is 0 Å². The van der Waals surface area contributed by atoms with Crippen LogP contribution in [0.4, 0.5) is 0 Å². The summed E-state index contributed by atoms with van der Waals surface area (Å²) in [5.74, 6) is 1.21. The zero-order valence-electron chi connectivity index (χ0n) is 16.0. The standard InChI is InChI=1S/C18H32N6O/c1-5-15-14(16(6-2)24(4)23-15)12-22-18(19-7-3)21-11-10-20-17(25)13-8-9-13/h13H,5-12H2,1-4H3,(H,20,25)(H2,19,21,22). The number of aliphatic imine (C=N–C) groups is 1. The molecule has 7 nitrogen and oxygen atoms in total. The van der Waals surface area contributed by atoms with E-state index in [1.54, 1.807) is 0 Å². The summed E-state index contributed by atoms with van der Waals surface area (Å²) < 4.78 is 1.97. The summed E-state index contributed by atoms with van der Waals surface area (Å²) in [6, 6.07) is 0. The molecule has 1 aromatic heterocycles. The van der Waals surface area contributed by atoms with Crippen LogP contribution < -0.4 is 16.0 Å². The number of rotatable bonds is 9. The Morgan fingerprint density at radius 2 is 1.88 bits per heavy atom. The summed E-state index contributed by atoms with van der Waals surface area (Å²) in [4.78, 5) is 16.3. The first-order valence-corrected chi connectivity index (χ1v) is 9.44. The van der Waals surface area contributed by atoms with Crippen molar-refractivity contribution in [2.24, 2.45) is 18.0 Å². The number of carbonyl (C=O) groups is 1. The zero-order valence-corrected chi connectivity index (χ0v) is 16.0. The Morgan fingerprint density at radius 1 is 1.16 bits per heavy atom. The minimum Gasteiger partial charge on any atom is -0.357 e. The van der Waals surface area contributed by atoms with E-state index in [1.165, 1.54) is 11.3 Å². The summed E-state index contributed by atoms with van der Waals surface area (Å²) in [6.45, 7) is 9.02. The maximum absolute atomic E-state index is 11.6. The van der Waals surface area contributed by atoms with E-state index in [4.69, 9.17) is 4.99 Å². The highest BCUT2D eigenvalue weighted by molar-refractivity contribution is 5.81. The lowest BCUT2D eigenvalue weighted by Gasteiger charge is -2.12. The van der Waals surface area contributed by atoms with Gasteiger partial charge in [0.2, 0.25) is 5.91 Å². The third kappa shape index (κ3) is 5.47. The fraction of sp³-hybridized carbons (Fsp3) is 0.722. The van der Waals surface area contributed by atoms with Gasteiger partial charge in [-0.25, -0.2) is 4.99 Å². The van der Waals surface area contributed by atoms with Crippen molar-refractivity contribution in [1.29, 1.82) is 0 Å². The van der Waals surface area contributed by atoms with Gasteiger partial charge in [0.15, 0.2) is 5.96 Å². The van der Waals surface area contributed by atoms with Gasteiger partial charge in [-0.1, -0.05) is 13.8 Å². The maximum Gasteiger partial charge on any atom is 0.223 e. The van der Waals surface area contributed by atoms with E-state index in [9.17, 15) is 4.79 Å². The molecule has 7 heteroatoms. The van der Waals surface area contributed by atoms with Gasteiger partial charge in [-0.15, -0.1) is 0 Å². The van der Waals surface area contributed by atoms with Crippen LogP contribution in [0.25, 0.3) is 0 Å². The van der Waals surface area contributed by atoms with Gasteiger partial charge in [-0.3, -0.25) is 9.48 Å². The molecule has 0 saturated heterocycles. The van der Waals surface area contributed by atoms with Gasteiger partial charge in [0.1, 0.15) is 0 Å². The summed E-state index contributed by atoms with van der Waals surface area (Å²) in [5.41, 5.74) is 3.59. The van der Waals surface area contributed by atoms with Gasteiger partial charge in [0.05, 0.1) is 12.2 Å². The number of carbonyl (C=O) groups excluding carboxylic acids is 1. The van der Waals surface area contributed by atoms with Gasteiger partial charge in [-0.05, 0) is 32.6 Å². The number of aryl methyl sites for hydroxylation is 2. The minimum atomic E-state index is 0.180. The first-order chi connectivity index (χ1) is 12.1. The molecule has 1 saturated carbocycles. The predicted octanol–water partition coefficient (Wildman–Crippen LogP) is 1.13. The van der Waals surface area contributed by atoms with Crippen molar-refractivity contribution in [3.8, 4) is 0 Å². The van der Waals surface area contributed by atoms with E-state index in [2.05, 4.69) is 34.9 Å². The van der Waals surface area contributed by atoms with Crippen molar-refractivity contribution >= 4 is 11.9 Å². The van der Waals surface area contributed by atoms with Crippen LogP contribution >= 0.6 is 0 Å². The van der Waals surface area contributed by atoms with E-state index in [0.717, 1.165) is 43.9 Å². The first kappa shape index (κ1) is 19.3. The first-order valence-electron chi connectivity index (χ1n) is 9.44. The van der Waals surface area contributed by atoms with Gasteiger partial charge in [-0.2, -0.15) is 5.10 Å². The molecule has 2 rings (SSSR count). The van der Waals surface area contributed by atoms with E-state index in [1.807, 2.05) is 18.7 Å². The molecule has 0 radical (unpaired) electrons. The highest BCUT2D eigenvalue weighted by Gasteiger charge is 2.28. The van der Waals surface area contributed by atoms with Crippen LogP contribution in [0, 0.1) is 5.92 Å². The van der Waals surface area contributed by atoms with Crippen LogP contribution in [-0.4, -0.2) is 41.3 Å². The lowest BCUT2D eigenvalue weighted by Crippen LogP contribution is -2.41. The Morgan fingerprint density at radius 3 is 2.48 bits per heavy atom. The van der Waals surface area contributed by atoms with Crippen molar-refractivity contribution < 1.29 is 4.79 Å². The SMILES string of the molecule is CCNC(=NCc1c(CC)nn(C)c1CC)NCCNC(=O)C1CC1. The molecule has 1 amide bonds. The fourth-order valence-corrected chi connectivity index (χ4v) is 2.93. The molecule has 0 aliphatic heterocycles. The number of guanidine groups is 1. The van der Waals surface area contributed by atoms with Crippen LogP contribution in [0.3, 0.4) is 0 Å². The smallest absolute Gasteiger partial charge is 0.223 e. The predicted molar refractivity (Wildman–Crippen MR) is 101 cm³/mol. The Kier molecular flexibility index (Phi) is 7.28. The van der Waals surface area contributed by atoms with E-state index < -0.39 is 0 Å². The van der Waals surface area contributed by atoms with E-state index in [-0.39, 0.29) is 11.8 Å². The van der Waals surface area contributed by atoms with Crippen molar-refractivity contribution in [1.82, 2.24) is 25.7 Å². The fourth-order valence-electron chi connectivity index (χ4n) is 2.93. The molecule has 1 aliphatic rings. The maximum atomic E-state index is 11.6. The van der Waals surface area contributed by atoms with Crippen molar-refractivity contribution in [3.05, 3.63) is 17.0 Å². The molecule has 0 spiro atoms. The summed E-state index contributed by atoms with van der Waals surface area (Å²) >= 11 is 0. The van der Waals surface area contributed by atoms with Crippen molar-refractivity contribution in [3.63, 3.8) is 0 Å². The molecule has 3 N–H and O–H groups in total. The number of aromatic nitrogens is 2. The number of amides is 1. The number of hydrogen-bond donors (Lipinski definition) is 3. The topological polar surface area (TPSA) is 83.3 Å². The second kappa shape index (κ2) is 9.44. The molecule has 0 unspecified atom stereocenters. The molecule has 140 valence electrons. The lowest BCUT2D eigenvalue weighted by atomic mass is 10.1. The monoisotopic (exact) mass is 348 g/mol. The van der Waals surface area contributed by atoms with E-state index in [0.29, 0.717) is 19.6 Å². The Balaban J connectivity index is 1.91. The zero-order chi connectivity index (χ0) is 18.2. The number of hydrogen-bond acceptors (Lipinski definition) is 3. The summed E-state index contributed by atoms with van der Waals surface area (Å²) in [6.07, 6.45) is 3.93. The van der Waals surface area contributed by atoms with Crippen LogP contribution in [-0.2, 0) is 31.2 Å². The highest BCUT2D eigenvalue weighted by Crippen LogP contribution is 2.28. The Hall–Kier alpha value is -2.05. The molecule has 1 fully saturated rings. The molecule has 0 bridgehead atoms. The normalized spacial score (nSPS) is 14.5. The van der Waals surface area contributed by atoms with E-state index >= 15 is 0 Å². The summed E-state index contributed by atoms with van der Waals surface area (Å²) in [5, 5.41) is 14.1. The molecule has 1 heterocycles. The van der Waals surface area contributed by atoms with Gasteiger partial charge in [0.25, 0.3) is 0 Å². The Bertz CT molecular complexity index is 603. The molecule has 25 heavy (non-hydrogen) atoms. The van der Waals surface area contributed by atoms with Crippen LogP contribution in [0.15, 0.2) is 4.99 Å². The average Bonchev–Trinajstić information content (AvgIpc) is 3.40.